The fourth-order valence-corrected chi connectivity index (χ4v) is 2.10. The van der Waals surface area contributed by atoms with Gasteiger partial charge in [-0.2, -0.15) is 13.2 Å². The molecule has 0 aliphatic rings. The Labute approximate surface area is 122 Å². The zero-order chi connectivity index (χ0) is 15.5. The van der Waals surface area contributed by atoms with Crippen molar-refractivity contribution in [2.24, 2.45) is 0 Å². The van der Waals surface area contributed by atoms with Gasteiger partial charge in [-0.15, -0.1) is 0 Å². The van der Waals surface area contributed by atoms with E-state index >= 15 is 0 Å². The van der Waals surface area contributed by atoms with E-state index in [-0.39, 0.29) is 12.2 Å². The molecule has 0 N–H and O–H groups in total. The van der Waals surface area contributed by atoms with E-state index in [1.807, 2.05) is 44.2 Å². The first-order valence-electron chi connectivity index (χ1n) is 6.75. The number of hydrogen-bond acceptors (Lipinski definition) is 1. The van der Waals surface area contributed by atoms with E-state index in [2.05, 4.69) is 0 Å². The Balaban J connectivity index is 2.33. The predicted octanol–water partition coefficient (Wildman–Crippen LogP) is 5.22. The van der Waals surface area contributed by atoms with Crippen LogP contribution in [0.25, 0.3) is 0 Å². The van der Waals surface area contributed by atoms with Crippen molar-refractivity contribution >= 4 is 0 Å². The molecule has 112 valence electrons. The SMILES string of the molecule is CC(C)OC(c1ccccc1)c1ccc(C(F)(F)F)cc1. The highest BCUT2D eigenvalue weighted by Crippen LogP contribution is 2.32. The lowest BCUT2D eigenvalue weighted by molar-refractivity contribution is -0.137. The highest BCUT2D eigenvalue weighted by Gasteiger charge is 2.30. The summed E-state index contributed by atoms with van der Waals surface area (Å²) in [5.41, 5.74) is 0.983. The van der Waals surface area contributed by atoms with Gasteiger partial charge in [0.25, 0.3) is 0 Å². The summed E-state index contributed by atoms with van der Waals surface area (Å²) >= 11 is 0. The van der Waals surface area contributed by atoms with Gasteiger partial charge in [-0.1, -0.05) is 42.5 Å². The third-order valence-electron chi connectivity index (χ3n) is 3.05. The zero-order valence-corrected chi connectivity index (χ0v) is 11.9. The summed E-state index contributed by atoms with van der Waals surface area (Å²) in [4.78, 5) is 0. The summed E-state index contributed by atoms with van der Waals surface area (Å²) in [6.07, 6.45) is -4.72. The molecule has 0 aromatic heterocycles. The van der Waals surface area contributed by atoms with Crippen molar-refractivity contribution in [1.82, 2.24) is 0 Å². The molecule has 0 amide bonds. The van der Waals surface area contributed by atoms with Crippen LogP contribution < -0.4 is 0 Å². The lowest BCUT2D eigenvalue weighted by Gasteiger charge is -2.22. The van der Waals surface area contributed by atoms with Crippen LogP contribution in [-0.4, -0.2) is 6.10 Å². The second-order valence-electron chi connectivity index (χ2n) is 5.10. The molecule has 0 radical (unpaired) electrons. The average Bonchev–Trinajstić information content (AvgIpc) is 2.45. The molecule has 2 rings (SSSR count). The number of alkyl halides is 3. The van der Waals surface area contributed by atoms with Gasteiger partial charge < -0.3 is 4.74 Å². The van der Waals surface area contributed by atoms with Crippen LogP contribution in [0.3, 0.4) is 0 Å². The molecule has 0 saturated carbocycles. The van der Waals surface area contributed by atoms with Gasteiger partial charge in [-0.05, 0) is 37.1 Å². The number of ether oxygens (including phenoxy) is 1. The van der Waals surface area contributed by atoms with Gasteiger partial charge in [0.2, 0.25) is 0 Å². The summed E-state index contributed by atoms with van der Waals surface area (Å²) in [5, 5.41) is 0. The molecule has 4 heteroatoms. The van der Waals surface area contributed by atoms with Gasteiger partial charge in [0.05, 0.1) is 11.7 Å². The molecule has 1 unspecified atom stereocenters. The molecule has 0 aliphatic carbocycles. The fraction of sp³-hybridized carbons (Fsp3) is 0.294. The Bertz CT molecular complexity index is 559. The van der Waals surface area contributed by atoms with Crippen LogP contribution in [0, 0.1) is 0 Å². The maximum atomic E-state index is 12.6. The maximum Gasteiger partial charge on any atom is 0.416 e. The van der Waals surface area contributed by atoms with Crippen molar-refractivity contribution in [3.8, 4) is 0 Å². The van der Waals surface area contributed by atoms with Crippen molar-refractivity contribution in [2.75, 3.05) is 0 Å². The molecule has 0 aliphatic heterocycles. The largest absolute Gasteiger partial charge is 0.416 e. The van der Waals surface area contributed by atoms with Crippen molar-refractivity contribution in [2.45, 2.75) is 32.2 Å². The van der Waals surface area contributed by atoms with Gasteiger partial charge >= 0.3 is 6.18 Å². The predicted molar refractivity (Wildman–Crippen MR) is 76.0 cm³/mol. The summed E-state index contributed by atoms with van der Waals surface area (Å²) in [5.74, 6) is 0. The van der Waals surface area contributed by atoms with Crippen LogP contribution in [0.2, 0.25) is 0 Å². The van der Waals surface area contributed by atoms with E-state index in [1.165, 1.54) is 12.1 Å². The Morgan fingerprint density at radius 3 is 1.81 bits per heavy atom. The lowest BCUT2D eigenvalue weighted by atomic mass is 10.00. The molecule has 0 bridgehead atoms. The van der Waals surface area contributed by atoms with Crippen molar-refractivity contribution in [1.29, 1.82) is 0 Å². The van der Waals surface area contributed by atoms with Gasteiger partial charge in [0.1, 0.15) is 6.10 Å². The Morgan fingerprint density at radius 1 is 0.810 bits per heavy atom. The Kier molecular flexibility index (Phi) is 4.68. The molecule has 2 aromatic rings. The van der Waals surface area contributed by atoms with Crippen molar-refractivity contribution < 1.29 is 17.9 Å². The monoisotopic (exact) mass is 294 g/mol. The first-order valence-corrected chi connectivity index (χ1v) is 6.75. The highest BCUT2D eigenvalue weighted by atomic mass is 19.4. The number of halogens is 3. The van der Waals surface area contributed by atoms with Gasteiger partial charge in [0, 0.05) is 0 Å². The van der Waals surface area contributed by atoms with Crippen LogP contribution in [-0.2, 0) is 10.9 Å². The summed E-state index contributed by atoms with van der Waals surface area (Å²) in [7, 11) is 0. The molecular formula is C17H17F3O. The normalized spacial score (nSPS) is 13.4. The van der Waals surface area contributed by atoms with Gasteiger partial charge in [-0.25, -0.2) is 0 Å². The van der Waals surface area contributed by atoms with Crippen LogP contribution in [0.4, 0.5) is 13.2 Å². The van der Waals surface area contributed by atoms with Crippen LogP contribution in [0.15, 0.2) is 54.6 Å². The fourth-order valence-electron chi connectivity index (χ4n) is 2.10. The van der Waals surface area contributed by atoms with E-state index in [0.29, 0.717) is 5.56 Å². The van der Waals surface area contributed by atoms with E-state index < -0.39 is 11.7 Å². The highest BCUT2D eigenvalue weighted by molar-refractivity contribution is 5.33. The maximum absolute atomic E-state index is 12.6. The van der Waals surface area contributed by atoms with E-state index in [0.717, 1.165) is 17.7 Å². The second kappa shape index (κ2) is 6.31. The third-order valence-corrected chi connectivity index (χ3v) is 3.05. The van der Waals surface area contributed by atoms with Crippen molar-refractivity contribution in [3.63, 3.8) is 0 Å². The smallest absolute Gasteiger partial charge is 0.366 e. The molecule has 1 nitrogen and oxygen atoms in total. The summed E-state index contributed by atoms with van der Waals surface area (Å²) in [6.45, 7) is 3.81. The van der Waals surface area contributed by atoms with E-state index in [1.54, 1.807) is 0 Å². The first-order chi connectivity index (χ1) is 9.88. The topological polar surface area (TPSA) is 9.23 Å². The standard InChI is InChI=1S/C17H17F3O/c1-12(2)21-16(13-6-4-3-5-7-13)14-8-10-15(11-9-14)17(18,19)20/h3-12,16H,1-2H3. The third kappa shape index (κ3) is 4.08. The van der Waals surface area contributed by atoms with E-state index in [4.69, 9.17) is 4.74 Å². The molecule has 1 atom stereocenters. The number of hydrogen-bond donors (Lipinski definition) is 0. The number of benzene rings is 2. The van der Waals surface area contributed by atoms with Gasteiger partial charge in [0.15, 0.2) is 0 Å². The summed E-state index contributed by atoms with van der Waals surface area (Å²) < 4.78 is 43.7. The Morgan fingerprint density at radius 2 is 1.33 bits per heavy atom. The molecular weight excluding hydrogens is 277 g/mol. The molecule has 0 saturated heterocycles. The van der Waals surface area contributed by atoms with E-state index in [9.17, 15) is 13.2 Å². The Hall–Kier alpha value is -1.81. The van der Waals surface area contributed by atoms with Gasteiger partial charge in [-0.3, -0.25) is 0 Å². The minimum atomic E-state index is -4.32. The molecule has 0 spiro atoms. The summed E-state index contributed by atoms with van der Waals surface area (Å²) in [6, 6.07) is 14.6. The average molecular weight is 294 g/mol. The second-order valence-corrected chi connectivity index (χ2v) is 5.10. The quantitative estimate of drug-likeness (QED) is 0.751. The van der Waals surface area contributed by atoms with Crippen LogP contribution >= 0.6 is 0 Å². The minimum Gasteiger partial charge on any atom is -0.366 e. The molecule has 0 fully saturated rings. The van der Waals surface area contributed by atoms with Crippen LogP contribution in [0.5, 0.6) is 0 Å². The minimum absolute atomic E-state index is 0.0301. The molecule has 2 aromatic carbocycles. The lowest BCUT2D eigenvalue weighted by Crippen LogP contribution is -2.12. The molecule has 0 heterocycles. The molecule has 21 heavy (non-hydrogen) atoms. The zero-order valence-electron chi connectivity index (χ0n) is 11.9. The first kappa shape index (κ1) is 15.6. The van der Waals surface area contributed by atoms with Crippen LogP contribution in [0.1, 0.15) is 36.6 Å². The van der Waals surface area contributed by atoms with Crippen molar-refractivity contribution in [3.05, 3.63) is 71.3 Å². The number of rotatable bonds is 4.